The van der Waals surface area contributed by atoms with Crippen molar-refractivity contribution < 1.29 is 22.4 Å². The van der Waals surface area contributed by atoms with Gasteiger partial charge in [-0.25, -0.2) is 14.4 Å². The number of aromatic nitrogens is 3. The van der Waals surface area contributed by atoms with Crippen molar-refractivity contribution in [2.24, 2.45) is 0 Å². The highest BCUT2D eigenvalue weighted by atomic mass is 19.4. The fourth-order valence-corrected chi connectivity index (χ4v) is 4.45. The lowest BCUT2D eigenvalue weighted by Gasteiger charge is -2.31. The summed E-state index contributed by atoms with van der Waals surface area (Å²) >= 11 is 0. The molecule has 0 bridgehead atoms. The molecule has 0 radical (unpaired) electrons. The lowest BCUT2D eigenvalue weighted by molar-refractivity contribution is -0.140. The number of halogens is 4. The molecule has 6 nitrogen and oxygen atoms in total. The predicted octanol–water partition coefficient (Wildman–Crippen LogP) is 5.19. The van der Waals surface area contributed by atoms with Crippen molar-refractivity contribution in [3.8, 4) is 0 Å². The Kier molecular flexibility index (Phi) is 5.59. The number of hydrogen-bond donors (Lipinski definition) is 2. The molecular formula is C24H21F4N5O. The summed E-state index contributed by atoms with van der Waals surface area (Å²) in [6.45, 7) is 0. The van der Waals surface area contributed by atoms with Gasteiger partial charge in [0.05, 0.1) is 5.52 Å². The third kappa shape index (κ3) is 4.52. The first-order valence-corrected chi connectivity index (χ1v) is 10.9. The number of imidazole rings is 1. The molecule has 10 heteroatoms. The molecule has 1 aliphatic carbocycles. The van der Waals surface area contributed by atoms with Crippen molar-refractivity contribution in [3.05, 3.63) is 72.1 Å². The Morgan fingerprint density at radius 1 is 1.06 bits per heavy atom. The molecule has 1 amide bonds. The number of benzene rings is 1. The summed E-state index contributed by atoms with van der Waals surface area (Å²) in [4.78, 5) is 20.6. The van der Waals surface area contributed by atoms with E-state index in [1.54, 1.807) is 35.1 Å². The summed E-state index contributed by atoms with van der Waals surface area (Å²) in [5, 5.41) is 6.46. The molecular weight excluding hydrogens is 450 g/mol. The first kappa shape index (κ1) is 22.1. The molecule has 2 N–H and O–H groups in total. The summed E-state index contributed by atoms with van der Waals surface area (Å²) in [6.07, 6.45) is 3.35. The van der Waals surface area contributed by atoms with E-state index in [4.69, 9.17) is 0 Å². The van der Waals surface area contributed by atoms with E-state index in [1.165, 1.54) is 12.1 Å². The third-order valence-corrected chi connectivity index (χ3v) is 6.09. The minimum atomic E-state index is -4.63. The van der Waals surface area contributed by atoms with E-state index in [2.05, 4.69) is 20.6 Å². The van der Waals surface area contributed by atoms with Gasteiger partial charge < -0.3 is 15.0 Å². The van der Waals surface area contributed by atoms with E-state index in [1.807, 2.05) is 0 Å². The number of carbonyl (C=O) groups is 1. The maximum absolute atomic E-state index is 13.8. The molecule has 176 valence electrons. The maximum atomic E-state index is 13.8. The average molecular weight is 471 g/mol. The number of carbonyl (C=O) groups excluding carboxylic acids is 1. The number of pyridine rings is 2. The Balaban J connectivity index is 1.34. The van der Waals surface area contributed by atoms with Gasteiger partial charge in [0, 0.05) is 47.3 Å². The van der Waals surface area contributed by atoms with Crippen LogP contribution in [0.2, 0.25) is 0 Å². The fourth-order valence-electron chi connectivity index (χ4n) is 4.45. The van der Waals surface area contributed by atoms with Crippen LogP contribution < -0.4 is 10.6 Å². The van der Waals surface area contributed by atoms with Crippen molar-refractivity contribution in [3.63, 3.8) is 0 Å². The second-order valence-electron chi connectivity index (χ2n) is 8.50. The van der Waals surface area contributed by atoms with Gasteiger partial charge in [0.15, 0.2) is 0 Å². The van der Waals surface area contributed by atoms with Crippen molar-refractivity contribution in [1.82, 2.24) is 19.7 Å². The molecule has 34 heavy (non-hydrogen) atoms. The second-order valence-corrected chi connectivity index (χ2v) is 8.50. The summed E-state index contributed by atoms with van der Waals surface area (Å²) < 4.78 is 55.8. The predicted molar refractivity (Wildman–Crippen MR) is 119 cm³/mol. The van der Waals surface area contributed by atoms with Gasteiger partial charge in [-0.15, -0.1) is 0 Å². The number of amides is 1. The minimum Gasteiger partial charge on any atom is -0.382 e. The van der Waals surface area contributed by atoms with Gasteiger partial charge in [-0.2, -0.15) is 13.2 Å². The lowest BCUT2D eigenvalue weighted by atomic mass is 9.90. The zero-order valence-electron chi connectivity index (χ0n) is 17.9. The van der Waals surface area contributed by atoms with E-state index in [0.29, 0.717) is 24.1 Å². The van der Waals surface area contributed by atoms with E-state index >= 15 is 0 Å². The zero-order valence-corrected chi connectivity index (χ0v) is 17.9. The van der Waals surface area contributed by atoms with Crippen LogP contribution in [0.1, 0.15) is 41.7 Å². The zero-order chi connectivity index (χ0) is 23.9. The average Bonchev–Trinajstić information content (AvgIpc) is 3.27. The molecule has 0 unspecified atom stereocenters. The van der Waals surface area contributed by atoms with Crippen LogP contribution in [0, 0.1) is 5.82 Å². The molecule has 0 saturated heterocycles. The molecule has 1 fully saturated rings. The highest BCUT2D eigenvalue weighted by Gasteiger charge is 2.34. The lowest BCUT2D eigenvalue weighted by Crippen LogP contribution is -2.41. The molecule has 3 heterocycles. The topological polar surface area (TPSA) is 71.3 Å². The Hall–Kier alpha value is -3.69. The largest absolute Gasteiger partial charge is 0.433 e. The Morgan fingerprint density at radius 3 is 2.71 bits per heavy atom. The first-order valence-electron chi connectivity index (χ1n) is 10.9. The number of anilines is 1. The van der Waals surface area contributed by atoms with Gasteiger partial charge in [-0.05, 0) is 62.1 Å². The van der Waals surface area contributed by atoms with Crippen LogP contribution in [0.25, 0.3) is 16.6 Å². The molecule has 2 atom stereocenters. The third-order valence-electron chi connectivity index (χ3n) is 6.09. The summed E-state index contributed by atoms with van der Waals surface area (Å²) in [6, 6.07) is 7.49. The van der Waals surface area contributed by atoms with Crippen molar-refractivity contribution in [1.29, 1.82) is 0 Å². The van der Waals surface area contributed by atoms with Crippen molar-refractivity contribution in [2.75, 3.05) is 5.32 Å². The number of rotatable bonds is 4. The normalized spacial score (nSPS) is 18.8. The van der Waals surface area contributed by atoms with Gasteiger partial charge in [-0.1, -0.05) is 0 Å². The van der Waals surface area contributed by atoms with Crippen LogP contribution in [-0.2, 0) is 6.18 Å². The highest BCUT2D eigenvalue weighted by molar-refractivity contribution is 5.95. The Morgan fingerprint density at radius 2 is 1.88 bits per heavy atom. The smallest absolute Gasteiger partial charge is 0.382 e. The van der Waals surface area contributed by atoms with Gasteiger partial charge in [0.2, 0.25) is 0 Å². The standard InChI is InChI=1S/C24H21F4N5O/c25-15-4-5-19-18(11-15)20(13-21(32-19)24(26,27)28)30-16-2-1-3-17(12-16)31-23(34)14-6-8-33-9-7-29-22(33)10-14/h4-11,13,16-17H,1-3,12H2,(H,30,32)(H,31,34)/t16-,17+/m0/s1. The van der Waals surface area contributed by atoms with E-state index in [0.717, 1.165) is 25.0 Å². The van der Waals surface area contributed by atoms with Crippen molar-refractivity contribution >= 4 is 28.1 Å². The van der Waals surface area contributed by atoms with Crippen LogP contribution in [0.4, 0.5) is 23.2 Å². The number of nitrogens with one attached hydrogen (secondary N) is 2. The van der Waals surface area contributed by atoms with Gasteiger partial charge in [-0.3, -0.25) is 4.79 Å². The minimum absolute atomic E-state index is 0.0637. The van der Waals surface area contributed by atoms with Crippen LogP contribution in [-0.4, -0.2) is 32.4 Å². The molecule has 0 spiro atoms. The fraction of sp³-hybridized carbons (Fsp3) is 0.292. The monoisotopic (exact) mass is 471 g/mol. The van der Waals surface area contributed by atoms with Crippen molar-refractivity contribution in [2.45, 2.75) is 43.9 Å². The SMILES string of the molecule is O=C(N[C@@H]1CCC[C@H](Nc2cc(C(F)(F)F)nc3ccc(F)cc23)C1)c1ccn2ccnc2c1. The summed E-state index contributed by atoms with van der Waals surface area (Å²) in [7, 11) is 0. The van der Waals surface area contributed by atoms with Crippen LogP contribution in [0.5, 0.6) is 0 Å². The summed E-state index contributed by atoms with van der Waals surface area (Å²) in [5.74, 6) is -0.785. The second kappa shape index (κ2) is 8.58. The molecule has 5 rings (SSSR count). The molecule has 3 aromatic heterocycles. The first-order chi connectivity index (χ1) is 16.3. The number of alkyl halides is 3. The van der Waals surface area contributed by atoms with Gasteiger partial charge in [0.1, 0.15) is 17.2 Å². The Labute approximate surface area is 192 Å². The van der Waals surface area contributed by atoms with Crippen LogP contribution in [0.15, 0.2) is 55.0 Å². The number of hydrogen-bond acceptors (Lipinski definition) is 4. The molecule has 0 aliphatic heterocycles. The summed E-state index contributed by atoms with van der Waals surface area (Å²) in [5.41, 5.74) is 0.351. The maximum Gasteiger partial charge on any atom is 0.433 e. The molecule has 1 aromatic carbocycles. The van der Waals surface area contributed by atoms with E-state index < -0.39 is 17.7 Å². The molecule has 4 aromatic rings. The highest BCUT2D eigenvalue weighted by Crippen LogP contribution is 2.34. The van der Waals surface area contributed by atoms with E-state index in [-0.39, 0.29) is 34.6 Å². The quantitative estimate of drug-likeness (QED) is 0.402. The van der Waals surface area contributed by atoms with Crippen LogP contribution in [0.3, 0.4) is 0 Å². The van der Waals surface area contributed by atoms with Gasteiger partial charge in [0.25, 0.3) is 5.91 Å². The number of nitrogens with zero attached hydrogens (tertiary/aromatic N) is 3. The Bertz CT molecular complexity index is 1370. The van der Waals surface area contributed by atoms with E-state index in [9.17, 15) is 22.4 Å². The van der Waals surface area contributed by atoms with Crippen LogP contribution >= 0.6 is 0 Å². The molecule has 1 aliphatic rings. The number of fused-ring (bicyclic) bond motifs is 2. The van der Waals surface area contributed by atoms with Gasteiger partial charge >= 0.3 is 6.18 Å². The molecule has 1 saturated carbocycles.